The molecule has 0 aliphatic heterocycles. The van der Waals surface area contributed by atoms with E-state index in [1.807, 2.05) is 0 Å². The van der Waals surface area contributed by atoms with Gasteiger partial charge in [0.15, 0.2) is 5.78 Å². The lowest BCUT2D eigenvalue weighted by Gasteiger charge is -2.12. The van der Waals surface area contributed by atoms with E-state index in [1.165, 1.54) is 18.2 Å². The largest absolute Gasteiger partial charge is 0.459 e. The second-order valence-electron chi connectivity index (χ2n) is 4.45. The second kappa shape index (κ2) is 8.85. The van der Waals surface area contributed by atoms with Gasteiger partial charge in [-0.15, -0.1) is 0 Å². The molecule has 0 heterocycles. The Hall–Kier alpha value is -2.17. The molecule has 0 N–H and O–H groups in total. The fraction of sp³-hybridized carbons (Fsp3) is 0.400. The topological polar surface area (TPSA) is 69.7 Å². The normalized spacial score (nSPS) is 10.5. The van der Waals surface area contributed by atoms with Gasteiger partial charge in [-0.25, -0.2) is 9.59 Å². The van der Waals surface area contributed by atoms with Crippen molar-refractivity contribution in [3.05, 3.63) is 36.5 Å². The Morgan fingerprint density at radius 3 is 1.75 bits per heavy atom. The SMILES string of the molecule is C=CC(=O)/C=C/C=C(C(=O)OC(C)C)C(=O)OC(C)C. The first-order chi connectivity index (χ1) is 9.27. The van der Waals surface area contributed by atoms with Crippen LogP contribution in [0.5, 0.6) is 0 Å². The summed E-state index contributed by atoms with van der Waals surface area (Å²) in [5, 5.41) is 0. The van der Waals surface area contributed by atoms with Crippen molar-refractivity contribution in [1.29, 1.82) is 0 Å². The van der Waals surface area contributed by atoms with Crippen molar-refractivity contribution in [3.63, 3.8) is 0 Å². The first kappa shape index (κ1) is 17.8. The minimum Gasteiger partial charge on any atom is -0.459 e. The van der Waals surface area contributed by atoms with Crippen molar-refractivity contribution in [3.8, 4) is 0 Å². The van der Waals surface area contributed by atoms with Gasteiger partial charge in [-0.1, -0.05) is 12.7 Å². The summed E-state index contributed by atoms with van der Waals surface area (Å²) in [7, 11) is 0. The Labute approximate surface area is 118 Å². The highest BCUT2D eigenvalue weighted by Gasteiger charge is 2.22. The van der Waals surface area contributed by atoms with E-state index in [4.69, 9.17) is 9.47 Å². The van der Waals surface area contributed by atoms with Gasteiger partial charge in [-0.2, -0.15) is 0 Å². The van der Waals surface area contributed by atoms with Gasteiger partial charge < -0.3 is 9.47 Å². The molecule has 0 saturated carbocycles. The molecule has 0 aliphatic carbocycles. The number of hydrogen-bond donors (Lipinski definition) is 0. The zero-order chi connectivity index (χ0) is 15.7. The first-order valence-corrected chi connectivity index (χ1v) is 6.24. The zero-order valence-corrected chi connectivity index (χ0v) is 12.2. The number of carbonyl (C=O) groups is 3. The second-order valence-corrected chi connectivity index (χ2v) is 4.45. The summed E-state index contributed by atoms with van der Waals surface area (Å²) in [5.74, 6) is -1.92. The van der Waals surface area contributed by atoms with Gasteiger partial charge in [0, 0.05) is 0 Å². The maximum Gasteiger partial charge on any atom is 0.345 e. The van der Waals surface area contributed by atoms with Crippen molar-refractivity contribution in [1.82, 2.24) is 0 Å². The molecular weight excluding hydrogens is 260 g/mol. The van der Waals surface area contributed by atoms with E-state index >= 15 is 0 Å². The molecule has 0 aliphatic rings. The van der Waals surface area contributed by atoms with Crippen LogP contribution in [0.25, 0.3) is 0 Å². The highest BCUT2D eigenvalue weighted by Crippen LogP contribution is 2.07. The van der Waals surface area contributed by atoms with Crippen molar-refractivity contribution in [2.24, 2.45) is 0 Å². The minimum absolute atomic E-state index is 0.263. The highest BCUT2D eigenvalue weighted by atomic mass is 16.6. The molecule has 0 unspecified atom stereocenters. The third-order valence-electron chi connectivity index (χ3n) is 1.85. The van der Waals surface area contributed by atoms with Crippen LogP contribution in [-0.2, 0) is 23.9 Å². The predicted molar refractivity (Wildman–Crippen MR) is 74.9 cm³/mol. The monoisotopic (exact) mass is 280 g/mol. The van der Waals surface area contributed by atoms with Crippen LogP contribution < -0.4 is 0 Å². The number of allylic oxidation sites excluding steroid dienone is 4. The summed E-state index contributed by atoms with van der Waals surface area (Å²) in [5.41, 5.74) is -0.263. The predicted octanol–water partition coefficient (Wildman–Crippen LogP) is 2.13. The van der Waals surface area contributed by atoms with Crippen LogP contribution >= 0.6 is 0 Å². The van der Waals surface area contributed by atoms with Crippen molar-refractivity contribution < 1.29 is 23.9 Å². The first-order valence-electron chi connectivity index (χ1n) is 6.24. The summed E-state index contributed by atoms with van der Waals surface area (Å²) in [6.45, 7) is 9.97. The number of ether oxygens (including phenoxy) is 2. The van der Waals surface area contributed by atoms with E-state index in [0.717, 1.165) is 6.08 Å². The van der Waals surface area contributed by atoms with Crippen LogP contribution in [0.15, 0.2) is 36.5 Å². The van der Waals surface area contributed by atoms with Gasteiger partial charge in [-0.05, 0) is 45.9 Å². The van der Waals surface area contributed by atoms with Gasteiger partial charge in [0.1, 0.15) is 5.57 Å². The van der Waals surface area contributed by atoms with Crippen molar-refractivity contribution in [2.75, 3.05) is 0 Å². The Balaban J connectivity index is 5.14. The minimum atomic E-state index is -0.790. The van der Waals surface area contributed by atoms with E-state index in [2.05, 4.69) is 6.58 Å². The molecule has 0 aromatic heterocycles. The average Bonchev–Trinajstić information content (AvgIpc) is 2.31. The molecule has 0 aromatic carbocycles. The molecule has 110 valence electrons. The Kier molecular flexibility index (Phi) is 7.89. The highest BCUT2D eigenvalue weighted by molar-refractivity contribution is 6.14. The van der Waals surface area contributed by atoms with Crippen LogP contribution in [0, 0.1) is 0 Å². The summed E-state index contributed by atoms with van der Waals surface area (Å²) >= 11 is 0. The fourth-order valence-corrected chi connectivity index (χ4v) is 1.08. The van der Waals surface area contributed by atoms with Crippen LogP contribution in [0.1, 0.15) is 27.7 Å². The molecule has 0 amide bonds. The molecule has 0 bridgehead atoms. The quantitative estimate of drug-likeness (QED) is 0.235. The number of rotatable bonds is 7. The van der Waals surface area contributed by atoms with Crippen molar-refractivity contribution >= 4 is 17.7 Å². The molecule has 0 spiro atoms. The Morgan fingerprint density at radius 2 is 1.40 bits per heavy atom. The molecule has 0 rings (SSSR count). The number of esters is 2. The van der Waals surface area contributed by atoms with E-state index in [0.29, 0.717) is 0 Å². The van der Waals surface area contributed by atoms with Gasteiger partial charge in [0.2, 0.25) is 0 Å². The number of ketones is 1. The number of hydrogen-bond acceptors (Lipinski definition) is 5. The molecule has 0 radical (unpaired) electrons. The lowest BCUT2D eigenvalue weighted by molar-refractivity contribution is -0.150. The molecule has 0 atom stereocenters. The van der Waals surface area contributed by atoms with E-state index in [9.17, 15) is 14.4 Å². The molecular formula is C15H20O5. The van der Waals surface area contributed by atoms with Crippen LogP contribution in [-0.4, -0.2) is 29.9 Å². The summed E-state index contributed by atoms with van der Waals surface area (Å²) in [4.78, 5) is 34.6. The molecule has 5 nitrogen and oxygen atoms in total. The maximum absolute atomic E-state index is 11.8. The van der Waals surface area contributed by atoms with Crippen LogP contribution in [0.4, 0.5) is 0 Å². The lowest BCUT2D eigenvalue weighted by atomic mass is 10.2. The standard InChI is InChI=1S/C15H20O5/c1-6-12(16)8-7-9-13(14(17)19-10(2)3)15(18)20-11(4)5/h6-11H,1H2,2-5H3/b8-7+. The third kappa shape index (κ3) is 7.31. The van der Waals surface area contributed by atoms with Gasteiger partial charge >= 0.3 is 11.9 Å². The maximum atomic E-state index is 11.8. The van der Waals surface area contributed by atoms with E-state index < -0.39 is 11.9 Å². The smallest absolute Gasteiger partial charge is 0.345 e. The van der Waals surface area contributed by atoms with Crippen LogP contribution in [0.3, 0.4) is 0 Å². The van der Waals surface area contributed by atoms with E-state index in [-0.39, 0.29) is 23.6 Å². The van der Waals surface area contributed by atoms with E-state index in [1.54, 1.807) is 27.7 Å². The fourth-order valence-electron chi connectivity index (χ4n) is 1.08. The summed E-state index contributed by atoms with van der Waals surface area (Å²) in [6.07, 6.45) is 4.04. The summed E-state index contributed by atoms with van der Waals surface area (Å²) < 4.78 is 9.90. The Morgan fingerprint density at radius 1 is 0.950 bits per heavy atom. The molecule has 0 fully saturated rings. The number of carbonyl (C=O) groups excluding carboxylic acids is 3. The molecule has 0 saturated heterocycles. The van der Waals surface area contributed by atoms with Gasteiger partial charge in [0.25, 0.3) is 0 Å². The molecule has 5 heteroatoms. The van der Waals surface area contributed by atoms with Crippen molar-refractivity contribution in [2.45, 2.75) is 39.9 Å². The average molecular weight is 280 g/mol. The van der Waals surface area contributed by atoms with Crippen LogP contribution in [0.2, 0.25) is 0 Å². The molecule has 0 aromatic rings. The molecule has 20 heavy (non-hydrogen) atoms. The lowest BCUT2D eigenvalue weighted by Crippen LogP contribution is -2.23. The van der Waals surface area contributed by atoms with Gasteiger partial charge in [-0.3, -0.25) is 4.79 Å². The third-order valence-corrected chi connectivity index (χ3v) is 1.85. The van der Waals surface area contributed by atoms with Gasteiger partial charge in [0.05, 0.1) is 12.2 Å². The zero-order valence-electron chi connectivity index (χ0n) is 12.2. The summed E-state index contributed by atoms with van der Waals surface area (Å²) in [6, 6.07) is 0. The Bertz CT molecular complexity index is 417.